The molecule has 0 saturated carbocycles. The molecule has 0 amide bonds. The van der Waals surface area contributed by atoms with Gasteiger partial charge in [0.05, 0.1) is 17.4 Å². The first kappa shape index (κ1) is 13.2. The normalized spacial score (nSPS) is 18.1. The smallest absolute Gasteiger partial charge is 0.212 e. The highest BCUT2D eigenvalue weighted by molar-refractivity contribution is 7.16. The Labute approximate surface area is 129 Å². The van der Waals surface area contributed by atoms with Crippen molar-refractivity contribution >= 4 is 27.9 Å². The SMILES string of the molecule is Cc1nn2c3c(nc2s1)CCNC3c1ccc(Cl)cc1F. The second-order valence-electron chi connectivity index (χ2n) is 5.06. The average molecular weight is 323 g/mol. The maximum atomic E-state index is 14.3. The summed E-state index contributed by atoms with van der Waals surface area (Å²) >= 11 is 7.39. The average Bonchev–Trinajstić information content (AvgIpc) is 2.94. The summed E-state index contributed by atoms with van der Waals surface area (Å²) in [4.78, 5) is 5.49. The Morgan fingerprint density at radius 1 is 1.48 bits per heavy atom. The van der Waals surface area contributed by atoms with E-state index in [9.17, 15) is 4.39 Å². The molecule has 7 heteroatoms. The van der Waals surface area contributed by atoms with Crippen molar-refractivity contribution < 1.29 is 4.39 Å². The second-order valence-corrected chi connectivity index (χ2v) is 6.66. The number of hydrogen-bond acceptors (Lipinski definition) is 4. The van der Waals surface area contributed by atoms with Gasteiger partial charge in [0.15, 0.2) is 0 Å². The van der Waals surface area contributed by atoms with E-state index in [-0.39, 0.29) is 11.9 Å². The van der Waals surface area contributed by atoms with Crippen molar-refractivity contribution in [1.29, 1.82) is 0 Å². The lowest BCUT2D eigenvalue weighted by atomic mass is 9.97. The van der Waals surface area contributed by atoms with Crippen LogP contribution in [-0.4, -0.2) is 21.1 Å². The number of nitrogens with one attached hydrogen (secondary N) is 1. The van der Waals surface area contributed by atoms with E-state index in [1.807, 2.05) is 11.4 Å². The first-order valence-electron chi connectivity index (χ1n) is 6.67. The van der Waals surface area contributed by atoms with Gasteiger partial charge in [0, 0.05) is 23.6 Å². The maximum Gasteiger partial charge on any atom is 0.212 e. The zero-order valence-electron chi connectivity index (χ0n) is 11.2. The van der Waals surface area contributed by atoms with E-state index in [2.05, 4.69) is 15.4 Å². The van der Waals surface area contributed by atoms with Crippen molar-refractivity contribution in [2.24, 2.45) is 0 Å². The topological polar surface area (TPSA) is 42.2 Å². The summed E-state index contributed by atoms with van der Waals surface area (Å²) in [6.45, 7) is 2.71. The Morgan fingerprint density at radius 2 is 2.33 bits per heavy atom. The zero-order chi connectivity index (χ0) is 14.6. The Hall–Kier alpha value is -1.50. The number of imidazole rings is 1. The summed E-state index contributed by atoms with van der Waals surface area (Å²) in [7, 11) is 0. The van der Waals surface area contributed by atoms with Gasteiger partial charge < -0.3 is 5.32 Å². The maximum absolute atomic E-state index is 14.3. The summed E-state index contributed by atoms with van der Waals surface area (Å²) < 4.78 is 16.1. The molecule has 1 aromatic carbocycles. The van der Waals surface area contributed by atoms with Crippen LogP contribution in [0.3, 0.4) is 0 Å². The molecular weight excluding hydrogens is 311 g/mol. The van der Waals surface area contributed by atoms with Gasteiger partial charge in [-0.15, -0.1) is 0 Å². The van der Waals surface area contributed by atoms with Gasteiger partial charge in [-0.25, -0.2) is 13.9 Å². The van der Waals surface area contributed by atoms with Crippen LogP contribution in [0.15, 0.2) is 18.2 Å². The van der Waals surface area contributed by atoms with Crippen molar-refractivity contribution in [3.05, 3.63) is 51.0 Å². The molecule has 4 nitrogen and oxygen atoms in total. The van der Waals surface area contributed by atoms with E-state index in [1.54, 1.807) is 23.5 Å². The third-order valence-corrected chi connectivity index (χ3v) is 4.73. The van der Waals surface area contributed by atoms with Gasteiger partial charge in [-0.3, -0.25) is 0 Å². The molecule has 0 saturated heterocycles. The minimum absolute atomic E-state index is 0.248. The zero-order valence-corrected chi connectivity index (χ0v) is 12.8. The molecule has 0 radical (unpaired) electrons. The Kier molecular flexibility index (Phi) is 2.99. The third-order valence-electron chi connectivity index (χ3n) is 3.67. The van der Waals surface area contributed by atoms with Crippen molar-refractivity contribution in [2.75, 3.05) is 6.54 Å². The lowest BCUT2D eigenvalue weighted by Gasteiger charge is -2.24. The van der Waals surface area contributed by atoms with Gasteiger partial charge in [0.1, 0.15) is 10.8 Å². The molecule has 0 aliphatic carbocycles. The summed E-state index contributed by atoms with van der Waals surface area (Å²) in [6.07, 6.45) is 0.830. The summed E-state index contributed by atoms with van der Waals surface area (Å²) in [5.74, 6) is -0.310. The monoisotopic (exact) mass is 322 g/mol. The van der Waals surface area contributed by atoms with Crippen LogP contribution in [0.25, 0.3) is 4.96 Å². The number of benzene rings is 1. The summed E-state index contributed by atoms with van der Waals surface area (Å²) in [6, 6.07) is 4.53. The van der Waals surface area contributed by atoms with E-state index in [0.29, 0.717) is 10.6 Å². The molecule has 108 valence electrons. The molecule has 2 aromatic heterocycles. The van der Waals surface area contributed by atoms with Gasteiger partial charge in [-0.2, -0.15) is 5.10 Å². The fraction of sp³-hybridized carbons (Fsp3) is 0.286. The van der Waals surface area contributed by atoms with E-state index < -0.39 is 0 Å². The summed E-state index contributed by atoms with van der Waals surface area (Å²) in [5.41, 5.74) is 2.50. The van der Waals surface area contributed by atoms with Crippen molar-refractivity contribution in [1.82, 2.24) is 19.9 Å². The molecule has 0 spiro atoms. The molecule has 3 aromatic rings. The number of aromatic nitrogens is 3. The van der Waals surface area contributed by atoms with Crippen LogP contribution < -0.4 is 5.32 Å². The molecule has 1 atom stereocenters. The van der Waals surface area contributed by atoms with Crippen LogP contribution in [0.2, 0.25) is 5.02 Å². The molecular formula is C14H12ClFN4S. The number of aryl methyl sites for hydroxylation is 1. The predicted octanol–water partition coefficient (Wildman–Crippen LogP) is 3.13. The fourth-order valence-electron chi connectivity index (χ4n) is 2.80. The number of halogens is 2. The molecule has 1 N–H and O–H groups in total. The number of fused-ring (bicyclic) bond motifs is 3. The highest BCUT2D eigenvalue weighted by Gasteiger charge is 2.29. The van der Waals surface area contributed by atoms with Gasteiger partial charge >= 0.3 is 0 Å². The van der Waals surface area contributed by atoms with Crippen molar-refractivity contribution in [2.45, 2.75) is 19.4 Å². The molecule has 21 heavy (non-hydrogen) atoms. The minimum Gasteiger partial charge on any atom is -0.304 e. The van der Waals surface area contributed by atoms with E-state index in [4.69, 9.17) is 11.6 Å². The highest BCUT2D eigenvalue weighted by atomic mass is 35.5. The Balaban J connectivity index is 1.92. The Morgan fingerprint density at radius 3 is 3.14 bits per heavy atom. The van der Waals surface area contributed by atoms with E-state index in [1.165, 1.54) is 6.07 Å². The van der Waals surface area contributed by atoms with Crippen LogP contribution in [0.5, 0.6) is 0 Å². The minimum atomic E-state index is -0.310. The third kappa shape index (κ3) is 2.06. The molecule has 0 fully saturated rings. The van der Waals surface area contributed by atoms with Crippen LogP contribution >= 0.6 is 22.9 Å². The van der Waals surface area contributed by atoms with Gasteiger partial charge in [-0.1, -0.05) is 29.0 Å². The van der Waals surface area contributed by atoms with Gasteiger partial charge in [0.2, 0.25) is 4.96 Å². The number of rotatable bonds is 1. The standard InChI is InChI=1S/C14H12ClFN4S/c1-7-19-20-13-11(18-14(20)21-7)4-5-17-12(13)9-3-2-8(15)6-10(9)16/h2-3,6,12,17H,4-5H2,1H3. The van der Waals surface area contributed by atoms with Crippen LogP contribution in [0.4, 0.5) is 4.39 Å². The van der Waals surface area contributed by atoms with Crippen LogP contribution in [0.1, 0.15) is 28.0 Å². The van der Waals surface area contributed by atoms with Crippen molar-refractivity contribution in [3.63, 3.8) is 0 Å². The van der Waals surface area contributed by atoms with Gasteiger partial charge in [0.25, 0.3) is 0 Å². The molecule has 4 rings (SSSR count). The largest absolute Gasteiger partial charge is 0.304 e. The van der Waals surface area contributed by atoms with Crippen LogP contribution in [-0.2, 0) is 6.42 Å². The first-order chi connectivity index (χ1) is 10.1. The van der Waals surface area contributed by atoms with E-state index in [0.717, 1.165) is 34.3 Å². The quantitative estimate of drug-likeness (QED) is 0.748. The summed E-state index contributed by atoms with van der Waals surface area (Å²) in [5, 5.41) is 9.20. The molecule has 1 aliphatic heterocycles. The predicted molar refractivity (Wildman–Crippen MR) is 80.6 cm³/mol. The molecule has 1 unspecified atom stereocenters. The molecule has 1 aliphatic rings. The van der Waals surface area contributed by atoms with Gasteiger partial charge in [-0.05, 0) is 19.1 Å². The number of nitrogens with zero attached hydrogens (tertiary/aromatic N) is 3. The lowest BCUT2D eigenvalue weighted by molar-refractivity contribution is 0.509. The second kappa shape index (κ2) is 4.76. The molecule has 0 bridgehead atoms. The Bertz CT molecular complexity index is 841. The first-order valence-corrected chi connectivity index (χ1v) is 7.86. The lowest BCUT2D eigenvalue weighted by Crippen LogP contribution is -2.32. The van der Waals surface area contributed by atoms with Crippen LogP contribution in [0, 0.1) is 12.7 Å². The van der Waals surface area contributed by atoms with E-state index >= 15 is 0 Å². The number of hydrogen-bond donors (Lipinski definition) is 1. The van der Waals surface area contributed by atoms with Crippen molar-refractivity contribution in [3.8, 4) is 0 Å². The fourth-order valence-corrected chi connectivity index (χ4v) is 3.73. The molecule has 3 heterocycles. The highest BCUT2D eigenvalue weighted by Crippen LogP contribution is 2.32.